The molecule has 1 N–H and O–H groups in total. The summed E-state index contributed by atoms with van der Waals surface area (Å²) in [5, 5.41) is 2.95. The van der Waals surface area contributed by atoms with Gasteiger partial charge in [0.15, 0.2) is 5.69 Å². The molecule has 2 heterocycles. The van der Waals surface area contributed by atoms with Crippen LogP contribution in [0.4, 0.5) is 13.2 Å². The summed E-state index contributed by atoms with van der Waals surface area (Å²) in [6, 6.07) is 0. The summed E-state index contributed by atoms with van der Waals surface area (Å²) in [6.45, 7) is 0.778. The summed E-state index contributed by atoms with van der Waals surface area (Å²) in [4.78, 5) is 18.2. The zero-order valence-electron chi connectivity index (χ0n) is 9.47. The number of methoxy groups -OCH3 is 1. The number of fused-ring (bicyclic) bond motifs is 1. The molecule has 1 aromatic rings. The molecule has 1 aromatic heterocycles. The molecule has 0 saturated heterocycles. The van der Waals surface area contributed by atoms with Crippen LogP contribution < -0.4 is 5.32 Å². The van der Waals surface area contributed by atoms with Crippen molar-refractivity contribution in [3.8, 4) is 0 Å². The molecular formula is C10H10F3N3O2. The fourth-order valence-corrected chi connectivity index (χ4v) is 1.74. The summed E-state index contributed by atoms with van der Waals surface area (Å²) in [7, 11) is 1.10. The fourth-order valence-electron chi connectivity index (χ4n) is 1.74. The molecule has 0 radical (unpaired) electrons. The molecule has 0 spiro atoms. The van der Waals surface area contributed by atoms with Crippen molar-refractivity contribution in [3.63, 3.8) is 0 Å². The van der Waals surface area contributed by atoms with E-state index in [0.717, 1.165) is 7.11 Å². The highest BCUT2D eigenvalue weighted by Crippen LogP contribution is 2.28. The van der Waals surface area contributed by atoms with E-state index in [9.17, 15) is 18.0 Å². The van der Waals surface area contributed by atoms with Crippen molar-refractivity contribution < 1.29 is 22.7 Å². The molecule has 0 atom stereocenters. The molecule has 0 amide bonds. The minimum absolute atomic E-state index is 0.247. The Hall–Kier alpha value is -1.70. The lowest BCUT2D eigenvalue weighted by molar-refractivity contribution is -0.145. The summed E-state index contributed by atoms with van der Waals surface area (Å²) in [5.41, 5.74) is 0.305. The molecule has 98 valence electrons. The van der Waals surface area contributed by atoms with Crippen molar-refractivity contribution in [3.05, 3.63) is 22.8 Å². The number of nitrogens with zero attached hydrogens (tertiary/aromatic N) is 2. The van der Waals surface area contributed by atoms with E-state index in [0.29, 0.717) is 18.5 Å². The Morgan fingerprint density at radius 3 is 2.72 bits per heavy atom. The first-order chi connectivity index (χ1) is 8.43. The molecule has 8 heteroatoms. The largest absolute Gasteiger partial charge is 0.464 e. The number of carbonyl (C=O) groups excluding carboxylic acids is 1. The molecule has 0 fully saturated rings. The lowest BCUT2D eigenvalue weighted by Crippen LogP contribution is -2.30. The average Bonchev–Trinajstić information content (AvgIpc) is 2.35. The first-order valence-corrected chi connectivity index (χ1v) is 5.19. The monoisotopic (exact) mass is 261 g/mol. The van der Waals surface area contributed by atoms with Gasteiger partial charge in [-0.05, 0) is 0 Å². The molecule has 0 aromatic carbocycles. The third kappa shape index (κ3) is 2.28. The molecule has 5 nitrogen and oxygen atoms in total. The Kier molecular flexibility index (Phi) is 3.20. The van der Waals surface area contributed by atoms with Gasteiger partial charge in [0, 0.05) is 25.1 Å². The van der Waals surface area contributed by atoms with Gasteiger partial charge in [0.05, 0.1) is 12.8 Å². The van der Waals surface area contributed by atoms with Crippen molar-refractivity contribution >= 4 is 5.97 Å². The van der Waals surface area contributed by atoms with E-state index in [2.05, 4.69) is 20.0 Å². The van der Waals surface area contributed by atoms with Gasteiger partial charge in [0.25, 0.3) is 0 Å². The number of nitrogens with one attached hydrogen (secondary N) is 1. The minimum atomic E-state index is -4.68. The van der Waals surface area contributed by atoms with Crippen LogP contribution in [0.15, 0.2) is 0 Å². The Morgan fingerprint density at radius 1 is 1.39 bits per heavy atom. The normalized spacial score (nSPS) is 15.1. The van der Waals surface area contributed by atoms with Crippen molar-refractivity contribution in [1.29, 1.82) is 0 Å². The summed E-state index contributed by atoms with van der Waals surface area (Å²) >= 11 is 0. The SMILES string of the molecule is COC(=O)c1nc(C(F)(F)F)nc2c1CNCC2. The predicted octanol–water partition coefficient (Wildman–Crippen LogP) is 0.928. The molecule has 0 saturated carbocycles. The third-order valence-corrected chi connectivity index (χ3v) is 2.57. The minimum Gasteiger partial charge on any atom is -0.464 e. The molecular weight excluding hydrogens is 251 g/mol. The van der Waals surface area contributed by atoms with Crippen LogP contribution >= 0.6 is 0 Å². The number of aromatic nitrogens is 2. The highest BCUT2D eigenvalue weighted by molar-refractivity contribution is 5.89. The Bertz CT molecular complexity index is 488. The lowest BCUT2D eigenvalue weighted by Gasteiger charge is -2.19. The topological polar surface area (TPSA) is 64.1 Å². The summed E-state index contributed by atoms with van der Waals surface area (Å²) in [5.74, 6) is -2.19. The van der Waals surface area contributed by atoms with Gasteiger partial charge in [-0.15, -0.1) is 0 Å². The van der Waals surface area contributed by atoms with Gasteiger partial charge in [0.2, 0.25) is 5.82 Å². The fraction of sp³-hybridized carbons (Fsp3) is 0.500. The van der Waals surface area contributed by atoms with Crippen LogP contribution in [0.3, 0.4) is 0 Å². The van der Waals surface area contributed by atoms with E-state index < -0.39 is 18.0 Å². The van der Waals surface area contributed by atoms with E-state index >= 15 is 0 Å². The van der Waals surface area contributed by atoms with Gasteiger partial charge in [0.1, 0.15) is 0 Å². The summed E-state index contributed by atoms with van der Waals surface area (Å²) in [6.07, 6.45) is -4.35. The van der Waals surface area contributed by atoms with Crippen LogP contribution in [-0.2, 0) is 23.9 Å². The third-order valence-electron chi connectivity index (χ3n) is 2.57. The zero-order chi connectivity index (χ0) is 13.3. The number of halogens is 3. The molecule has 0 unspecified atom stereocenters. The first kappa shape index (κ1) is 12.7. The average molecular weight is 261 g/mol. The van der Waals surface area contributed by atoms with E-state index in [1.807, 2.05) is 0 Å². The van der Waals surface area contributed by atoms with Gasteiger partial charge < -0.3 is 10.1 Å². The maximum atomic E-state index is 12.6. The second kappa shape index (κ2) is 4.52. The first-order valence-electron chi connectivity index (χ1n) is 5.19. The second-order valence-corrected chi connectivity index (χ2v) is 3.74. The number of rotatable bonds is 1. The Morgan fingerprint density at radius 2 is 2.11 bits per heavy atom. The van der Waals surface area contributed by atoms with Crippen LogP contribution in [0, 0.1) is 0 Å². The number of hydrogen-bond acceptors (Lipinski definition) is 5. The maximum absolute atomic E-state index is 12.6. The van der Waals surface area contributed by atoms with Gasteiger partial charge in [-0.2, -0.15) is 13.2 Å². The van der Waals surface area contributed by atoms with Crippen LogP contribution in [0.2, 0.25) is 0 Å². The van der Waals surface area contributed by atoms with Gasteiger partial charge in [-0.1, -0.05) is 0 Å². The van der Waals surface area contributed by atoms with Crippen LogP contribution in [0.5, 0.6) is 0 Å². The van der Waals surface area contributed by atoms with Crippen molar-refractivity contribution in [2.24, 2.45) is 0 Å². The number of alkyl halides is 3. The smallest absolute Gasteiger partial charge is 0.451 e. The molecule has 0 bridgehead atoms. The number of carbonyl (C=O) groups is 1. The molecule has 18 heavy (non-hydrogen) atoms. The molecule has 0 aliphatic carbocycles. The standard InChI is InChI=1S/C10H10F3N3O2/c1-18-8(17)7-5-4-14-3-2-6(5)15-9(16-7)10(11,12)13/h14H,2-4H2,1H3. The highest BCUT2D eigenvalue weighted by atomic mass is 19.4. The van der Waals surface area contributed by atoms with Gasteiger partial charge in [-0.25, -0.2) is 14.8 Å². The van der Waals surface area contributed by atoms with Crippen molar-refractivity contribution in [1.82, 2.24) is 15.3 Å². The van der Waals surface area contributed by atoms with Crippen molar-refractivity contribution in [2.75, 3.05) is 13.7 Å². The van der Waals surface area contributed by atoms with E-state index in [1.54, 1.807) is 0 Å². The Labute approximate surface area is 100 Å². The molecule has 1 aliphatic rings. The van der Waals surface area contributed by atoms with E-state index in [4.69, 9.17) is 0 Å². The molecule has 1 aliphatic heterocycles. The molecule has 2 rings (SSSR count). The van der Waals surface area contributed by atoms with E-state index in [1.165, 1.54) is 0 Å². The number of hydrogen-bond donors (Lipinski definition) is 1. The highest BCUT2D eigenvalue weighted by Gasteiger charge is 2.37. The predicted molar refractivity (Wildman–Crippen MR) is 53.8 cm³/mol. The number of esters is 1. The Balaban J connectivity index is 2.58. The second-order valence-electron chi connectivity index (χ2n) is 3.74. The van der Waals surface area contributed by atoms with Gasteiger partial charge in [-0.3, -0.25) is 0 Å². The quantitative estimate of drug-likeness (QED) is 0.762. The van der Waals surface area contributed by atoms with Gasteiger partial charge >= 0.3 is 12.1 Å². The van der Waals surface area contributed by atoms with Crippen LogP contribution in [-0.4, -0.2) is 29.6 Å². The van der Waals surface area contributed by atoms with Crippen LogP contribution in [0.25, 0.3) is 0 Å². The van der Waals surface area contributed by atoms with E-state index in [-0.39, 0.29) is 17.9 Å². The van der Waals surface area contributed by atoms with Crippen LogP contribution in [0.1, 0.15) is 27.6 Å². The van der Waals surface area contributed by atoms with Crippen molar-refractivity contribution in [2.45, 2.75) is 19.1 Å². The number of ether oxygens (including phenoxy) is 1. The summed E-state index contributed by atoms with van der Waals surface area (Å²) < 4.78 is 42.3. The maximum Gasteiger partial charge on any atom is 0.451 e. The lowest BCUT2D eigenvalue weighted by atomic mass is 10.1. The zero-order valence-corrected chi connectivity index (χ0v) is 9.47.